The van der Waals surface area contributed by atoms with E-state index in [9.17, 15) is 19.2 Å². The van der Waals surface area contributed by atoms with E-state index in [1.807, 2.05) is 65.6 Å². The monoisotopic (exact) mass is 707 g/mol. The van der Waals surface area contributed by atoms with Crippen LogP contribution in [0.3, 0.4) is 0 Å². The zero-order valence-electron chi connectivity index (χ0n) is 29.9. The van der Waals surface area contributed by atoms with Crippen LogP contribution in [-0.4, -0.2) is 82.8 Å². The number of carbonyl (C=O) groups is 4. The van der Waals surface area contributed by atoms with Gasteiger partial charge in [0.05, 0.1) is 24.9 Å². The van der Waals surface area contributed by atoms with Crippen LogP contribution in [-0.2, 0) is 19.2 Å². The molecule has 0 unspecified atom stereocenters. The molecule has 4 heterocycles. The lowest BCUT2D eigenvalue weighted by Gasteiger charge is -2.31. The predicted molar refractivity (Wildman–Crippen MR) is 197 cm³/mol. The van der Waals surface area contributed by atoms with E-state index in [0.29, 0.717) is 48.6 Å². The number of ether oxygens (including phenoxy) is 2. The number of rotatable bonds is 7. The molecule has 11 nitrogen and oxygen atoms in total. The number of nitrogens with zero attached hydrogens (tertiary/aromatic N) is 3. The number of fused-ring (bicyclic) bond motifs is 3. The molecule has 3 N–H and O–H groups in total. The number of amides is 4. The summed E-state index contributed by atoms with van der Waals surface area (Å²) in [6.07, 6.45) is 11.3. The van der Waals surface area contributed by atoms with Crippen LogP contribution in [0.5, 0.6) is 11.5 Å². The first kappa shape index (κ1) is 35.5. The number of aromatic nitrogens is 1. The van der Waals surface area contributed by atoms with Crippen LogP contribution in [0.15, 0.2) is 66.7 Å². The molecule has 3 aromatic rings. The van der Waals surface area contributed by atoms with Crippen LogP contribution >= 0.6 is 0 Å². The third-order valence-electron chi connectivity index (χ3n) is 11.3. The lowest BCUT2D eigenvalue weighted by atomic mass is 9.94. The van der Waals surface area contributed by atoms with Crippen LogP contribution in [0.25, 0.3) is 22.2 Å². The van der Waals surface area contributed by atoms with E-state index in [2.05, 4.69) is 11.4 Å². The molecular formula is C41H49N5O6. The minimum absolute atomic E-state index is 0.00692. The SMILES string of the molecule is COc1ccc2c(O[C@@H]3C[C@H]4C(=O)N[C@@]5(C(N)=O)C[C@@H]5C=CCCCCC[C@H](CC(=O)N5CCCCC5)C(=O)N4C3)cc(-c3ccccc3)nc2c1. The second kappa shape index (κ2) is 15.4. The first-order chi connectivity index (χ1) is 25.3. The lowest BCUT2D eigenvalue weighted by Crippen LogP contribution is -2.55. The highest BCUT2D eigenvalue weighted by molar-refractivity contribution is 5.97. The average molecular weight is 708 g/mol. The largest absolute Gasteiger partial charge is 0.497 e. The summed E-state index contributed by atoms with van der Waals surface area (Å²) in [6.45, 7) is 1.58. The summed E-state index contributed by atoms with van der Waals surface area (Å²) in [5.41, 5.74) is 7.02. The Kier molecular flexibility index (Phi) is 10.5. The fourth-order valence-corrected chi connectivity index (χ4v) is 8.14. The number of methoxy groups -OCH3 is 1. The van der Waals surface area contributed by atoms with Crippen molar-refractivity contribution in [1.29, 1.82) is 0 Å². The van der Waals surface area contributed by atoms with Gasteiger partial charge in [-0.2, -0.15) is 0 Å². The van der Waals surface area contributed by atoms with E-state index in [1.54, 1.807) is 12.0 Å². The van der Waals surface area contributed by atoms with Crippen molar-refractivity contribution in [3.05, 3.63) is 66.7 Å². The fraction of sp³-hybridized carbons (Fsp3) is 0.488. The van der Waals surface area contributed by atoms with Gasteiger partial charge in [-0.05, 0) is 57.1 Å². The van der Waals surface area contributed by atoms with Crippen molar-refractivity contribution in [2.45, 2.75) is 88.3 Å². The molecule has 0 spiro atoms. The molecule has 3 aliphatic heterocycles. The highest BCUT2D eigenvalue weighted by Gasteiger charge is 2.60. The van der Waals surface area contributed by atoms with Gasteiger partial charge < -0.3 is 30.3 Å². The zero-order valence-corrected chi connectivity index (χ0v) is 29.9. The van der Waals surface area contributed by atoms with Crippen molar-refractivity contribution in [3.8, 4) is 22.8 Å². The van der Waals surface area contributed by atoms with Gasteiger partial charge in [0.2, 0.25) is 23.6 Å². The Morgan fingerprint density at radius 2 is 1.79 bits per heavy atom. The van der Waals surface area contributed by atoms with E-state index in [-0.39, 0.29) is 37.1 Å². The molecular weight excluding hydrogens is 658 g/mol. The molecule has 3 fully saturated rings. The number of hydrogen-bond acceptors (Lipinski definition) is 7. The molecule has 0 bridgehead atoms. The molecule has 4 amide bonds. The molecule has 2 saturated heterocycles. The van der Waals surface area contributed by atoms with Gasteiger partial charge in [-0.1, -0.05) is 55.3 Å². The van der Waals surface area contributed by atoms with Gasteiger partial charge in [0.15, 0.2) is 0 Å². The van der Waals surface area contributed by atoms with E-state index in [4.69, 9.17) is 20.2 Å². The van der Waals surface area contributed by atoms with Crippen LogP contribution in [0.4, 0.5) is 0 Å². The van der Waals surface area contributed by atoms with Crippen molar-refractivity contribution in [1.82, 2.24) is 20.1 Å². The topological polar surface area (TPSA) is 144 Å². The summed E-state index contributed by atoms with van der Waals surface area (Å²) in [5, 5.41) is 3.75. The summed E-state index contributed by atoms with van der Waals surface area (Å²) in [5.74, 6) is -0.770. The van der Waals surface area contributed by atoms with Gasteiger partial charge in [-0.3, -0.25) is 19.2 Å². The second-order valence-electron chi connectivity index (χ2n) is 14.8. The number of primary amides is 1. The summed E-state index contributed by atoms with van der Waals surface area (Å²) in [6, 6.07) is 16.4. The van der Waals surface area contributed by atoms with Crippen molar-refractivity contribution in [2.24, 2.45) is 17.6 Å². The molecule has 4 aliphatic rings. The molecule has 1 aliphatic carbocycles. The first-order valence-electron chi connectivity index (χ1n) is 18.8. The Labute approximate surface area is 304 Å². The van der Waals surface area contributed by atoms with Gasteiger partial charge in [0.1, 0.15) is 29.2 Å². The molecule has 11 heteroatoms. The number of allylic oxidation sites excluding steroid dienone is 1. The van der Waals surface area contributed by atoms with Crippen LogP contribution in [0, 0.1) is 11.8 Å². The summed E-state index contributed by atoms with van der Waals surface area (Å²) in [4.78, 5) is 63.6. The summed E-state index contributed by atoms with van der Waals surface area (Å²) >= 11 is 0. The van der Waals surface area contributed by atoms with Crippen molar-refractivity contribution in [3.63, 3.8) is 0 Å². The van der Waals surface area contributed by atoms with E-state index < -0.39 is 35.4 Å². The minimum Gasteiger partial charge on any atom is -0.497 e. The Morgan fingerprint density at radius 1 is 1.00 bits per heavy atom. The van der Waals surface area contributed by atoms with Crippen LogP contribution < -0.4 is 20.5 Å². The third kappa shape index (κ3) is 7.49. The highest BCUT2D eigenvalue weighted by atomic mass is 16.5. The summed E-state index contributed by atoms with van der Waals surface area (Å²) < 4.78 is 12.2. The Morgan fingerprint density at radius 3 is 2.56 bits per heavy atom. The number of piperidine rings is 1. The number of nitrogens with two attached hydrogens (primary N) is 1. The van der Waals surface area contributed by atoms with Crippen molar-refractivity contribution in [2.75, 3.05) is 26.7 Å². The van der Waals surface area contributed by atoms with Crippen LogP contribution in [0.2, 0.25) is 0 Å². The second-order valence-corrected chi connectivity index (χ2v) is 14.8. The Hall–Kier alpha value is -4.93. The molecule has 1 saturated carbocycles. The number of nitrogens with one attached hydrogen (secondary N) is 1. The number of benzene rings is 2. The number of carbonyl (C=O) groups excluding carboxylic acids is 4. The quantitative estimate of drug-likeness (QED) is 0.323. The molecule has 5 atom stereocenters. The standard InChI is InChI=1S/C41H49N5O6/c1-51-30-17-18-32-34(22-30)43-33(27-13-8-5-9-14-27)24-36(32)52-31-23-35-38(48)44-41(40(42)50)25-29(41)16-10-4-2-3-7-15-28(39(49)46(35)26-31)21-37(47)45-19-11-6-12-20-45/h5,8-10,13-14,16-18,22,24,28-29,31,35H,2-4,6-7,11-12,15,19-21,23,25-26H2,1H3,(H2,42,50)(H,44,48)/t28-,29+,31-,35+,41+/m1/s1. The van der Waals surface area contributed by atoms with Gasteiger partial charge in [0.25, 0.3) is 0 Å². The summed E-state index contributed by atoms with van der Waals surface area (Å²) in [7, 11) is 1.61. The molecule has 274 valence electrons. The fourth-order valence-electron chi connectivity index (χ4n) is 8.14. The average Bonchev–Trinajstić information content (AvgIpc) is 3.70. The maximum atomic E-state index is 14.6. The van der Waals surface area contributed by atoms with Gasteiger partial charge in [0, 0.05) is 60.8 Å². The maximum absolute atomic E-state index is 14.6. The third-order valence-corrected chi connectivity index (χ3v) is 11.3. The highest BCUT2D eigenvalue weighted by Crippen LogP contribution is 2.45. The van der Waals surface area contributed by atoms with Crippen molar-refractivity contribution < 1.29 is 28.7 Å². The van der Waals surface area contributed by atoms with E-state index in [0.717, 1.165) is 55.9 Å². The van der Waals surface area contributed by atoms with E-state index >= 15 is 0 Å². The molecule has 2 aromatic carbocycles. The number of hydrogen-bond donors (Lipinski definition) is 2. The lowest BCUT2D eigenvalue weighted by molar-refractivity contribution is -0.145. The Balaban J connectivity index is 1.21. The van der Waals surface area contributed by atoms with Gasteiger partial charge in [-0.15, -0.1) is 0 Å². The first-order valence-corrected chi connectivity index (χ1v) is 18.8. The number of pyridine rings is 1. The number of likely N-dealkylation sites (tertiary alicyclic amines) is 1. The molecule has 0 radical (unpaired) electrons. The molecule has 1 aromatic heterocycles. The van der Waals surface area contributed by atoms with E-state index in [1.165, 1.54) is 0 Å². The maximum Gasteiger partial charge on any atom is 0.243 e. The zero-order chi connectivity index (χ0) is 36.2. The smallest absolute Gasteiger partial charge is 0.243 e. The van der Waals surface area contributed by atoms with Gasteiger partial charge in [-0.25, -0.2) is 4.98 Å². The Bertz CT molecular complexity index is 1840. The minimum atomic E-state index is -1.18. The normalized spacial score (nSPS) is 26.8. The molecule has 52 heavy (non-hydrogen) atoms. The van der Waals surface area contributed by atoms with Crippen molar-refractivity contribution >= 4 is 34.5 Å². The predicted octanol–water partition coefficient (Wildman–Crippen LogP) is 5.16. The molecule has 7 rings (SSSR count). The van der Waals surface area contributed by atoms with Crippen LogP contribution in [0.1, 0.15) is 70.6 Å². The van der Waals surface area contributed by atoms with Gasteiger partial charge >= 0.3 is 0 Å².